The third kappa shape index (κ3) is 2.31. The van der Waals surface area contributed by atoms with Gasteiger partial charge in [0.1, 0.15) is 17.5 Å². The number of fused-ring (bicyclic) bond motifs is 3. The summed E-state index contributed by atoms with van der Waals surface area (Å²) in [6, 6.07) is 5.08. The van der Waals surface area contributed by atoms with Gasteiger partial charge in [-0.15, -0.1) is 0 Å². The number of imidazole rings is 1. The van der Waals surface area contributed by atoms with E-state index in [4.69, 9.17) is 11.5 Å². The molecular weight excluding hydrogens is 317 g/mol. The Morgan fingerprint density at radius 3 is 2.75 bits per heavy atom. The maximum atomic E-state index is 14.2. The molecule has 1 aromatic carbocycles. The van der Waals surface area contributed by atoms with Crippen molar-refractivity contribution in [3.8, 4) is 0 Å². The maximum Gasteiger partial charge on any atom is 0.157 e. The second kappa shape index (κ2) is 5.37. The Morgan fingerprint density at radius 2 is 1.96 bits per heavy atom. The second-order valence-electron chi connectivity index (χ2n) is 6.51. The van der Waals surface area contributed by atoms with Crippen LogP contribution in [0.25, 0.3) is 11.0 Å². The van der Waals surface area contributed by atoms with Crippen molar-refractivity contribution in [2.24, 2.45) is 17.6 Å². The molecule has 4 rings (SSSR count). The predicted octanol–water partition coefficient (Wildman–Crippen LogP) is 3.14. The number of nitrogens with zero attached hydrogens (tertiary/aromatic N) is 2. The molecule has 24 heavy (non-hydrogen) atoms. The average Bonchev–Trinajstić information content (AvgIpc) is 2.86. The minimum atomic E-state index is -1.13. The van der Waals surface area contributed by atoms with Gasteiger partial charge < -0.3 is 16.0 Å². The molecule has 1 aromatic heterocycles. The van der Waals surface area contributed by atoms with Crippen molar-refractivity contribution in [2.75, 3.05) is 5.73 Å². The number of hydrogen-bond acceptors (Lipinski definition) is 3. The molecule has 0 fully saturated rings. The van der Waals surface area contributed by atoms with E-state index in [1.165, 1.54) is 0 Å². The third-order valence-corrected chi connectivity index (χ3v) is 5.01. The van der Waals surface area contributed by atoms with Gasteiger partial charge in [0.2, 0.25) is 0 Å². The summed E-state index contributed by atoms with van der Waals surface area (Å²) in [7, 11) is 0. The van der Waals surface area contributed by atoms with Crippen molar-refractivity contribution in [3.05, 3.63) is 47.6 Å². The molecular formula is C17H17F3N4. The van der Waals surface area contributed by atoms with Gasteiger partial charge in [0.25, 0.3) is 0 Å². The van der Waals surface area contributed by atoms with E-state index in [-0.39, 0.29) is 18.4 Å². The van der Waals surface area contributed by atoms with Crippen LogP contribution in [-0.4, -0.2) is 15.6 Å². The number of nitrogens with two attached hydrogens (primary N) is 2. The van der Waals surface area contributed by atoms with Crippen LogP contribution in [0.2, 0.25) is 0 Å². The summed E-state index contributed by atoms with van der Waals surface area (Å²) in [6.07, 6.45) is 0.755. The molecule has 0 amide bonds. The smallest absolute Gasteiger partial charge is 0.157 e. The molecule has 0 radical (unpaired) electrons. The van der Waals surface area contributed by atoms with Crippen LogP contribution < -0.4 is 11.5 Å². The number of hydrogen-bond donors (Lipinski definition) is 2. The van der Waals surface area contributed by atoms with E-state index in [0.717, 1.165) is 16.9 Å². The lowest BCUT2D eigenvalue weighted by Crippen LogP contribution is -2.44. The van der Waals surface area contributed by atoms with Crippen LogP contribution in [0.5, 0.6) is 0 Å². The molecule has 2 heterocycles. The number of nitrogen functional groups attached to an aromatic ring is 1. The van der Waals surface area contributed by atoms with Crippen molar-refractivity contribution < 1.29 is 13.2 Å². The molecule has 0 spiro atoms. The number of benzene rings is 1. The Kier molecular flexibility index (Phi) is 3.42. The van der Waals surface area contributed by atoms with E-state index in [1.54, 1.807) is 12.1 Å². The molecule has 3 atom stereocenters. The summed E-state index contributed by atoms with van der Waals surface area (Å²) >= 11 is 0. The van der Waals surface area contributed by atoms with Gasteiger partial charge in [-0.2, -0.15) is 0 Å². The Hall–Kier alpha value is -2.28. The molecule has 2 unspecified atom stereocenters. The first kappa shape index (κ1) is 15.3. The summed E-state index contributed by atoms with van der Waals surface area (Å²) in [4.78, 5) is 4.56. The average molecular weight is 334 g/mol. The van der Waals surface area contributed by atoms with Crippen LogP contribution in [0.4, 0.5) is 18.9 Å². The molecule has 7 heteroatoms. The van der Waals surface area contributed by atoms with Crippen LogP contribution >= 0.6 is 0 Å². The lowest BCUT2D eigenvalue weighted by Gasteiger charge is -2.35. The van der Waals surface area contributed by atoms with Gasteiger partial charge in [-0.25, -0.2) is 18.2 Å². The van der Waals surface area contributed by atoms with Crippen molar-refractivity contribution in [3.63, 3.8) is 0 Å². The molecule has 2 aromatic rings. The fourth-order valence-corrected chi connectivity index (χ4v) is 3.76. The van der Waals surface area contributed by atoms with E-state index in [9.17, 15) is 13.2 Å². The minimum Gasteiger partial charge on any atom is -0.399 e. The molecule has 2 aliphatic rings. The highest BCUT2D eigenvalue weighted by Crippen LogP contribution is 2.40. The highest BCUT2D eigenvalue weighted by Gasteiger charge is 2.38. The molecule has 0 saturated carbocycles. The van der Waals surface area contributed by atoms with Crippen LogP contribution in [0.3, 0.4) is 0 Å². The zero-order valence-electron chi connectivity index (χ0n) is 12.8. The van der Waals surface area contributed by atoms with Gasteiger partial charge in [-0.05, 0) is 24.1 Å². The van der Waals surface area contributed by atoms with Gasteiger partial charge in [-0.1, -0.05) is 0 Å². The van der Waals surface area contributed by atoms with Crippen molar-refractivity contribution >= 4 is 16.7 Å². The molecule has 0 bridgehead atoms. The summed E-state index contributed by atoms with van der Waals surface area (Å²) in [5.74, 6) is -3.01. The maximum absolute atomic E-state index is 14.2. The molecule has 4 nitrogen and oxygen atoms in total. The summed E-state index contributed by atoms with van der Waals surface area (Å²) in [5.41, 5.74) is 14.3. The Labute approximate surface area is 136 Å². The first-order valence-electron chi connectivity index (χ1n) is 7.85. The number of rotatable bonds is 1. The zero-order chi connectivity index (χ0) is 17.0. The van der Waals surface area contributed by atoms with Crippen LogP contribution in [0, 0.1) is 11.8 Å². The molecule has 1 aliphatic heterocycles. The zero-order valence-corrected chi connectivity index (χ0v) is 12.8. The van der Waals surface area contributed by atoms with Crippen LogP contribution in [-0.2, 0) is 13.0 Å². The van der Waals surface area contributed by atoms with E-state index < -0.39 is 23.4 Å². The van der Waals surface area contributed by atoms with E-state index in [0.29, 0.717) is 24.7 Å². The van der Waals surface area contributed by atoms with E-state index in [1.807, 2.05) is 10.6 Å². The molecule has 0 saturated heterocycles. The Balaban J connectivity index is 1.70. The highest BCUT2D eigenvalue weighted by molar-refractivity contribution is 5.79. The lowest BCUT2D eigenvalue weighted by atomic mass is 9.77. The highest BCUT2D eigenvalue weighted by atomic mass is 19.2. The van der Waals surface area contributed by atoms with Crippen LogP contribution in [0.15, 0.2) is 41.8 Å². The summed E-state index contributed by atoms with van der Waals surface area (Å²) < 4.78 is 43.0. The molecule has 4 N–H and O–H groups in total. The van der Waals surface area contributed by atoms with E-state index in [2.05, 4.69) is 4.98 Å². The first-order chi connectivity index (χ1) is 11.4. The monoisotopic (exact) mass is 334 g/mol. The normalized spacial score (nSPS) is 27.3. The molecule has 126 valence electrons. The Bertz CT molecular complexity index is 883. The number of aromatic nitrogens is 2. The fraction of sp³-hybridized carbons (Fsp3) is 0.353. The van der Waals surface area contributed by atoms with Crippen molar-refractivity contribution in [1.29, 1.82) is 0 Å². The van der Waals surface area contributed by atoms with Gasteiger partial charge in [0.15, 0.2) is 5.83 Å². The predicted molar refractivity (Wildman–Crippen MR) is 85.9 cm³/mol. The van der Waals surface area contributed by atoms with Crippen LogP contribution in [0.1, 0.15) is 12.2 Å². The quantitative estimate of drug-likeness (QED) is 0.787. The number of halogens is 3. The SMILES string of the molecule is Nc1ccc2c(c1)nc1n2CC(N)[C@@H](C2CC(F)=C(F)C=C2F)C1. The topological polar surface area (TPSA) is 69.9 Å². The summed E-state index contributed by atoms with van der Waals surface area (Å²) in [6.45, 7) is 0.456. The standard InChI is InChI=1S/C17H17F3N4/c18-11-6-13(20)12(19)4-9(11)10-5-17-23-15-3-8(21)1-2-16(15)24(17)7-14(10)22/h1-3,6,9-10,14H,4-5,7,21-22H2/t9?,10-,14?/m1/s1. The van der Waals surface area contributed by atoms with Gasteiger partial charge >= 0.3 is 0 Å². The molecule has 1 aliphatic carbocycles. The van der Waals surface area contributed by atoms with Gasteiger partial charge in [0.05, 0.1) is 11.0 Å². The minimum absolute atomic E-state index is 0.292. The lowest BCUT2D eigenvalue weighted by molar-refractivity contribution is 0.217. The van der Waals surface area contributed by atoms with Crippen molar-refractivity contribution in [2.45, 2.75) is 25.4 Å². The van der Waals surface area contributed by atoms with Crippen molar-refractivity contribution in [1.82, 2.24) is 9.55 Å². The van der Waals surface area contributed by atoms with Gasteiger partial charge in [0, 0.05) is 43.1 Å². The van der Waals surface area contributed by atoms with E-state index >= 15 is 0 Å². The summed E-state index contributed by atoms with van der Waals surface area (Å²) in [5, 5.41) is 0. The van der Waals surface area contributed by atoms with Gasteiger partial charge in [-0.3, -0.25) is 0 Å². The largest absolute Gasteiger partial charge is 0.399 e. The number of anilines is 1. The number of allylic oxidation sites excluding steroid dienone is 4. The second-order valence-corrected chi connectivity index (χ2v) is 6.51. The Morgan fingerprint density at radius 1 is 1.17 bits per heavy atom. The fourth-order valence-electron chi connectivity index (χ4n) is 3.76. The first-order valence-corrected chi connectivity index (χ1v) is 7.85. The third-order valence-electron chi connectivity index (χ3n) is 5.01.